The lowest BCUT2D eigenvalue weighted by atomic mass is 10.3. The third-order valence-electron chi connectivity index (χ3n) is 2.51. The fourth-order valence-electron chi connectivity index (χ4n) is 1.60. The summed E-state index contributed by atoms with van der Waals surface area (Å²) in [6.07, 6.45) is 3.33. The molecular formula is C12H9BrN6O. The van der Waals surface area contributed by atoms with Crippen molar-refractivity contribution in [3.63, 3.8) is 0 Å². The topological polar surface area (TPSA) is 99.3 Å². The van der Waals surface area contributed by atoms with Crippen LogP contribution < -0.4 is 5.32 Å². The number of nitrogens with zero attached hydrogens (tertiary/aromatic N) is 3. The zero-order chi connectivity index (χ0) is 13.9. The van der Waals surface area contributed by atoms with Crippen LogP contribution in [0.5, 0.6) is 0 Å². The number of H-pyrrole nitrogens is 2. The molecule has 100 valence electrons. The molecule has 3 N–H and O–H groups in total. The lowest BCUT2D eigenvalue weighted by Crippen LogP contribution is -2.13. The number of hydrogen-bond acceptors (Lipinski definition) is 4. The minimum absolute atomic E-state index is 0.196. The van der Waals surface area contributed by atoms with Crippen molar-refractivity contribution in [2.45, 2.75) is 0 Å². The van der Waals surface area contributed by atoms with Gasteiger partial charge in [0.1, 0.15) is 11.4 Å². The summed E-state index contributed by atoms with van der Waals surface area (Å²) in [6.45, 7) is 0. The van der Waals surface area contributed by atoms with E-state index in [-0.39, 0.29) is 11.9 Å². The number of amides is 1. The molecule has 0 aliphatic carbocycles. The average Bonchev–Trinajstić information content (AvgIpc) is 3.09. The highest BCUT2D eigenvalue weighted by atomic mass is 79.9. The van der Waals surface area contributed by atoms with Crippen molar-refractivity contribution in [2.75, 3.05) is 5.32 Å². The molecule has 0 fully saturated rings. The van der Waals surface area contributed by atoms with Gasteiger partial charge in [0.25, 0.3) is 5.91 Å². The number of nitrogens with one attached hydrogen (secondary N) is 3. The van der Waals surface area contributed by atoms with Gasteiger partial charge in [-0.25, -0.2) is 0 Å². The molecule has 0 bridgehead atoms. The molecule has 0 aliphatic heterocycles. The Labute approximate surface area is 122 Å². The number of halogens is 1. The van der Waals surface area contributed by atoms with Crippen molar-refractivity contribution in [1.82, 2.24) is 25.1 Å². The first kappa shape index (κ1) is 12.5. The summed E-state index contributed by atoms with van der Waals surface area (Å²) in [5, 5.41) is 9.25. The maximum atomic E-state index is 11.9. The quantitative estimate of drug-likeness (QED) is 0.684. The number of aromatic amines is 2. The van der Waals surface area contributed by atoms with Crippen LogP contribution in [-0.4, -0.2) is 31.1 Å². The molecule has 0 unspecified atom stereocenters. The molecule has 3 aromatic rings. The van der Waals surface area contributed by atoms with Gasteiger partial charge in [-0.1, -0.05) is 6.07 Å². The van der Waals surface area contributed by atoms with Crippen molar-refractivity contribution >= 4 is 27.8 Å². The molecule has 8 heteroatoms. The van der Waals surface area contributed by atoms with E-state index in [2.05, 4.69) is 46.4 Å². The van der Waals surface area contributed by atoms with E-state index in [1.807, 2.05) is 12.1 Å². The highest BCUT2D eigenvalue weighted by molar-refractivity contribution is 9.10. The molecule has 7 nitrogen and oxygen atoms in total. The standard InChI is InChI=1S/C12H9BrN6O/c13-7-5-9(15-6-7)11(20)17-12-16-10(18-19-12)8-3-1-2-4-14-8/h1-6,15H,(H2,16,17,18,19,20). The van der Waals surface area contributed by atoms with E-state index in [1.165, 1.54) is 0 Å². The Morgan fingerprint density at radius 3 is 2.95 bits per heavy atom. The fraction of sp³-hybridized carbons (Fsp3) is 0. The predicted molar refractivity (Wildman–Crippen MR) is 76.1 cm³/mol. The van der Waals surface area contributed by atoms with E-state index in [9.17, 15) is 4.79 Å². The first-order chi connectivity index (χ1) is 9.72. The van der Waals surface area contributed by atoms with E-state index in [0.29, 0.717) is 17.2 Å². The van der Waals surface area contributed by atoms with Crippen molar-refractivity contribution in [1.29, 1.82) is 0 Å². The van der Waals surface area contributed by atoms with Crippen molar-refractivity contribution in [3.8, 4) is 11.5 Å². The molecule has 0 spiro atoms. The van der Waals surface area contributed by atoms with Gasteiger partial charge in [0.05, 0.1) is 0 Å². The lowest BCUT2D eigenvalue weighted by Gasteiger charge is -1.96. The zero-order valence-electron chi connectivity index (χ0n) is 10.1. The monoisotopic (exact) mass is 332 g/mol. The van der Waals surface area contributed by atoms with Crippen LogP contribution in [0.3, 0.4) is 0 Å². The van der Waals surface area contributed by atoms with Gasteiger partial charge in [-0.3, -0.25) is 20.2 Å². The van der Waals surface area contributed by atoms with Crippen molar-refractivity contribution in [2.24, 2.45) is 0 Å². The number of carbonyl (C=O) groups is 1. The Hall–Kier alpha value is -2.48. The van der Waals surface area contributed by atoms with Gasteiger partial charge < -0.3 is 4.98 Å². The van der Waals surface area contributed by atoms with Crippen LogP contribution >= 0.6 is 15.9 Å². The van der Waals surface area contributed by atoms with Crippen LogP contribution in [0, 0.1) is 0 Å². The third kappa shape index (κ3) is 2.59. The molecule has 0 saturated heterocycles. The summed E-state index contributed by atoms with van der Waals surface area (Å²) in [5.74, 6) is 0.372. The first-order valence-electron chi connectivity index (χ1n) is 5.71. The van der Waals surface area contributed by atoms with Crippen LogP contribution in [0.15, 0.2) is 41.1 Å². The maximum absolute atomic E-state index is 11.9. The maximum Gasteiger partial charge on any atom is 0.274 e. The second-order valence-electron chi connectivity index (χ2n) is 3.91. The van der Waals surface area contributed by atoms with E-state index in [0.717, 1.165) is 4.47 Å². The molecule has 0 aromatic carbocycles. The zero-order valence-corrected chi connectivity index (χ0v) is 11.7. The largest absolute Gasteiger partial charge is 0.356 e. The number of anilines is 1. The summed E-state index contributed by atoms with van der Waals surface area (Å²) in [6, 6.07) is 7.13. The van der Waals surface area contributed by atoms with Crippen molar-refractivity contribution < 1.29 is 4.79 Å². The third-order valence-corrected chi connectivity index (χ3v) is 2.97. The minimum Gasteiger partial charge on any atom is -0.356 e. The van der Waals surface area contributed by atoms with Gasteiger partial charge in [0, 0.05) is 16.9 Å². The molecule has 3 heterocycles. The second kappa shape index (κ2) is 5.25. The molecule has 0 saturated carbocycles. The second-order valence-corrected chi connectivity index (χ2v) is 4.82. The van der Waals surface area contributed by atoms with E-state index < -0.39 is 0 Å². The SMILES string of the molecule is O=C(Nc1n[nH]c(-c2ccccn2)n1)c1cc(Br)c[nH]1. The summed E-state index contributed by atoms with van der Waals surface area (Å²) < 4.78 is 0.798. The molecule has 0 radical (unpaired) electrons. The number of carbonyl (C=O) groups excluding carboxylic acids is 1. The van der Waals surface area contributed by atoms with Gasteiger partial charge in [-0.05, 0) is 34.1 Å². The summed E-state index contributed by atoms with van der Waals surface area (Å²) in [4.78, 5) is 23.0. The summed E-state index contributed by atoms with van der Waals surface area (Å²) in [5.41, 5.74) is 1.07. The van der Waals surface area contributed by atoms with Crippen LogP contribution in [0.25, 0.3) is 11.5 Å². The molecule has 1 amide bonds. The first-order valence-corrected chi connectivity index (χ1v) is 6.51. The molecular weight excluding hydrogens is 324 g/mol. The highest BCUT2D eigenvalue weighted by Gasteiger charge is 2.12. The Kier molecular flexibility index (Phi) is 3.30. The predicted octanol–water partition coefficient (Wildman–Crippen LogP) is 2.21. The van der Waals surface area contributed by atoms with Crippen LogP contribution in [0.1, 0.15) is 10.5 Å². The Balaban J connectivity index is 1.76. The highest BCUT2D eigenvalue weighted by Crippen LogP contribution is 2.14. The average molecular weight is 333 g/mol. The van der Waals surface area contributed by atoms with E-state index in [1.54, 1.807) is 24.5 Å². The smallest absolute Gasteiger partial charge is 0.274 e. The molecule has 3 aromatic heterocycles. The Bertz CT molecular complexity index is 735. The molecule has 0 atom stereocenters. The van der Waals surface area contributed by atoms with Gasteiger partial charge in [-0.15, -0.1) is 5.10 Å². The van der Waals surface area contributed by atoms with Gasteiger partial charge in [0.15, 0.2) is 5.82 Å². The summed E-state index contributed by atoms with van der Waals surface area (Å²) >= 11 is 3.26. The number of hydrogen-bond donors (Lipinski definition) is 3. The number of rotatable bonds is 3. The summed E-state index contributed by atoms with van der Waals surface area (Å²) in [7, 11) is 0. The molecule has 3 rings (SSSR count). The van der Waals surface area contributed by atoms with E-state index in [4.69, 9.17) is 0 Å². The van der Waals surface area contributed by atoms with Crippen LogP contribution in [0.2, 0.25) is 0 Å². The Morgan fingerprint density at radius 2 is 2.25 bits per heavy atom. The fourth-order valence-corrected chi connectivity index (χ4v) is 1.95. The van der Waals surface area contributed by atoms with Crippen LogP contribution in [0.4, 0.5) is 5.95 Å². The van der Waals surface area contributed by atoms with Gasteiger partial charge in [-0.2, -0.15) is 4.98 Å². The molecule has 0 aliphatic rings. The Morgan fingerprint density at radius 1 is 1.35 bits per heavy atom. The van der Waals surface area contributed by atoms with Crippen molar-refractivity contribution in [3.05, 3.63) is 46.8 Å². The van der Waals surface area contributed by atoms with Gasteiger partial charge in [0.2, 0.25) is 5.95 Å². The number of pyridine rings is 1. The van der Waals surface area contributed by atoms with Gasteiger partial charge >= 0.3 is 0 Å². The van der Waals surface area contributed by atoms with E-state index >= 15 is 0 Å². The normalized spacial score (nSPS) is 10.4. The lowest BCUT2D eigenvalue weighted by molar-refractivity contribution is 0.102. The minimum atomic E-state index is -0.317. The van der Waals surface area contributed by atoms with Crippen LogP contribution in [-0.2, 0) is 0 Å². The number of aromatic nitrogens is 5. The molecule has 20 heavy (non-hydrogen) atoms.